The van der Waals surface area contributed by atoms with Gasteiger partial charge in [0, 0.05) is 18.5 Å². The molecule has 2 amide bonds. The van der Waals surface area contributed by atoms with Crippen molar-refractivity contribution in [2.24, 2.45) is 5.73 Å². The summed E-state index contributed by atoms with van der Waals surface area (Å²) in [7, 11) is 0. The zero-order valence-corrected chi connectivity index (χ0v) is 14.9. The SMILES string of the molecule is CC(N)(C(=O)NC1CC(=O)N(C(C)(C)C)C1)c1ccccc1.Cl. The summed E-state index contributed by atoms with van der Waals surface area (Å²) in [5.74, 6) is -0.191. The van der Waals surface area contributed by atoms with Crippen LogP contribution in [0.4, 0.5) is 0 Å². The molecule has 0 radical (unpaired) electrons. The Morgan fingerprint density at radius 2 is 1.78 bits per heavy atom. The van der Waals surface area contributed by atoms with Crippen LogP contribution in [-0.4, -0.2) is 34.8 Å². The number of carbonyl (C=O) groups excluding carboxylic acids is 2. The lowest BCUT2D eigenvalue weighted by atomic mass is 9.92. The van der Waals surface area contributed by atoms with E-state index in [9.17, 15) is 9.59 Å². The minimum absolute atomic E-state index is 0. The molecule has 1 aliphatic rings. The lowest BCUT2D eigenvalue weighted by Crippen LogP contribution is -2.53. The number of nitrogens with zero attached hydrogens (tertiary/aromatic N) is 1. The molecule has 1 aliphatic heterocycles. The fraction of sp³-hybridized carbons (Fsp3) is 0.529. The molecule has 1 fully saturated rings. The molecule has 1 saturated heterocycles. The molecule has 1 heterocycles. The van der Waals surface area contributed by atoms with Crippen LogP contribution in [0, 0.1) is 0 Å². The van der Waals surface area contributed by atoms with Crippen LogP contribution in [0.15, 0.2) is 30.3 Å². The minimum Gasteiger partial charge on any atom is -0.349 e. The Morgan fingerprint density at radius 1 is 1.22 bits per heavy atom. The van der Waals surface area contributed by atoms with Gasteiger partial charge in [-0.1, -0.05) is 30.3 Å². The number of hydrogen-bond acceptors (Lipinski definition) is 3. The van der Waals surface area contributed by atoms with Crippen LogP contribution < -0.4 is 11.1 Å². The fourth-order valence-electron chi connectivity index (χ4n) is 2.70. The predicted octanol–water partition coefficient (Wildman–Crippen LogP) is 1.80. The van der Waals surface area contributed by atoms with Crippen molar-refractivity contribution in [3.63, 3.8) is 0 Å². The Labute approximate surface area is 144 Å². The van der Waals surface area contributed by atoms with E-state index in [2.05, 4.69) is 5.32 Å². The highest BCUT2D eigenvalue weighted by atomic mass is 35.5. The average Bonchev–Trinajstić information content (AvgIpc) is 2.80. The van der Waals surface area contributed by atoms with Crippen molar-refractivity contribution >= 4 is 24.2 Å². The monoisotopic (exact) mass is 339 g/mol. The van der Waals surface area contributed by atoms with Gasteiger partial charge in [0.2, 0.25) is 11.8 Å². The molecule has 0 aliphatic carbocycles. The van der Waals surface area contributed by atoms with Crippen LogP contribution >= 0.6 is 12.4 Å². The van der Waals surface area contributed by atoms with E-state index in [0.29, 0.717) is 13.0 Å². The van der Waals surface area contributed by atoms with Crippen molar-refractivity contribution < 1.29 is 9.59 Å². The minimum atomic E-state index is -1.11. The van der Waals surface area contributed by atoms with Crippen molar-refractivity contribution in [3.05, 3.63) is 35.9 Å². The van der Waals surface area contributed by atoms with Crippen LogP contribution in [-0.2, 0) is 15.1 Å². The summed E-state index contributed by atoms with van der Waals surface area (Å²) in [5, 5.41) is 2.92. The predicted molar refractivity (Wildman–Crippen MR) is 93.2 cm³/mol. The lowest BCUT2D eigenvalue weighted by Gasteiger charge is -2.32. The van der Waals surface area contributed by atoms with E-state index in [0.717, 1.165) is 5.56 Å². The van der Waals surface area contributed by atoms with Gasteiger partial charge in [-0.05, 0) is 33.3 Å². The number of halogens is 1. The first-order valence-electron chi connectivity index (χ1n) is 7.58. The van der Waals surface area contributed by atoms with E-state index < -0.39 is 5.54 Å². The summed E-state index contributed by atoms with van der Waals surface area (Å²) in [6, 6.07) is 9.07. The molecule has 1 aromatic carbocycles. The van der Waals surface area contributed by atoms with Gasteiger partial charge in [0.05, 0.1) is 6.04 Å². The highest BCUT2D eigenvalue weighted by Gasteiger charge is 2.39. The number of amides is 2. The Balaban J connectivity index is 0.00000264. The normalized spacial score (nSPS) is 20.7. The summed E-state index contributed by atoms with van der Waals surface area (Å²) in [5.41, 5.74) is 5.61. The zero-order valence-electron chi connectivity index (χ0n) is 14.1. The Kier molecular flexibility index (Phi) is 5.83. The first kappa shape index (κ1) is 19.5. The fourth-order valence-corrected chi connectivity index (χ4v) is 2.70. The maximum atomic E-state index is 12.5. The van der Waals surface area contributed by atoms with Gasteiger partial charge >= 0.3 is 0 Å². The number of carbonyl (C=O) groups is 2. The molecule has 5 nitrogen and oxygen atoms in total. The highest BCUT2D eigenvalue weighted by molar-refractivity contribution is 5.88. The van der Waals surface area contributed by atoms with Crippen molar-refractivity contribution in [2.45, 2.75) is 51.2 Å². The largest absolute Gasteiger partial charge is 0.349 e. The van der Waals surface area contributed by atoms with Gasteiger partial charge in [-0.2, -0.15) is 0 Å². The van der Waals surface area contributed by atoms with Gasteiger partial charge in [0.25, 0.3) is 0 Å². The Morgan fingerprint density at radius 3 is 2.26 bits per heavy atom. The average molecular weight is 340 g/mol. The van der Waals surface area contributed by atoms with Crippen LogP contribution in [0.2, 0.25) is 0 Å². The molecular weight excluding hydrogens is 314 g/mol. The molecule has 0 spiro atoms. The Bertz CT molecular complexity index is 567. The quantitative estimate of drug-likeness (QED) is 0.881. The van der Waals surface area contributed by atoms with Gasteiger partial charge in [-0.15, -0.1) is 12.4 Å². The van der Waals surface area contributed by atoms with E-state index in [1.54, 1.807) is 11.8 Å². The van der Waals surface area contributed by atoms with Crippen LogP contribution in [0.3, 0.4) is 0 Å². The van der Waals surface area contributed by atoms with E-state index in [-0.39, 0.29) is 35.8 Å². The summed E-state index contributed by atoms with van der Waals surface area (Å²) in [6.07, 6.45) is 0.327. The Hall–Kier alpha value is -1.59. The van der Waals surface area contributed by atoms with Crippen LogP contribution in [0.25, 0.3) is 0 Å². The number of rotatable bonds is 3. The number of nitrogens with two attached hydrogens (primary N) is 1. The molecule has 2 atom stereocenters. The molecule has 2 unspecified atom stereocenters. The zero-order chi connectivity index (χ0) is 16.5. The maximum absolute atomic E-state index is 12.5. The van der Waals surface area contributed by atoms with Crippen molar-refractivity contribution in [1.29, 1.82) is 0 Å². The molecule has 128 valence electrons. The number of nitrogens with one attached hydrogen (secondary N) is 1. The molecule has 1 aromatic rings. The van der Waals surface area contributed by atoms with E-state index in [4.69, 9.17) is 5.73 Å². The summed E-state index contributed by atoms with van der Waals surface area (Å²) in [4.78, 5) is 26.4. The third-order valence-corrected chi connectivity index (χ3v) is 4.12. The second-order valence-corrected chi connectivity index (χ2v) is 7.12. The smallest absolute Gasteiger partial charge is 0.244 e. The third kappa shape index (κ3) is 4.24. The summed E-state index contributed by atoms with van der Waals surface area (Å²) in [6.45, 7) is 8.19. The number of hydrogen-bond donors (Lipinski definition) is 2. The molecule has 0 aromatic heterocycles. The van der Waals surface area contributed by atoms with Crippen molar-refractivity contribution in [1.82, 2.24) is 10.2 Å². The first-order valence-corrected chi connectivity index (χ1v) is 7.58. The van der Waals surface area contributed by atoms with Gasteiger partial charge in [-0.3, -0.25) is 9.59 Å². The molecular formula is C17H26ClN3O2. The summed E-state index contributed by atoms with van der Waals surface area (Å²) >= 11 is 0. The number of likely N-dealkylation sites (tertiary alicyclic amines) is 1. The van der Waals surface area contributed by atoms with E-state index in [1.165, 1.54) is 0 Å². The molecule has 23 heavy (non-hydrogen) atoms. The van der Waals surface area contributed by atoms with Crippen LogP contribution in [0.1, 0.15) is 39.7 Å². The standard InChI is InChI=1S/C17H25N3O2.ClH/c1-16(2,3)20-11-13(10-14(20)21)19-15(22)17(4,18)12-8-6-5-7-9-12;/h5-9,13H,10-11,18H2,1-4H3,(H,19,22);1H. The van der Waals surface area contributed by atoms with Crippen LogP contribution in [0.5, 0.6) is 0 Å². The van der Waals surface area contributed by atoms with Crippen molar-refractivity contribution in [2.75, 3.05) is 6.54 Å². The molecule has 2 rings (SSSR count). The van der Waals surface area contributed by atoms with E-state index in [1.807, 2.05) is 51.1 Å². The van der Waals surface area contributed by atoms with Gasteiger partial charge in [0.15, 0.2) is 0 Å². The van der Waals surface area contributed by atoms with E-state index >= 15 is 0 Å². The molecule has 3 N–H and O–H groups in total. The second-order valence-electron chi connectivity index (χ2n) is 7.12. The topological polar surface area (TPSA) is 75.4 Å². The lowest BCUT2D eigenvalue weighted by molar-refractivity contribution is -0.131. The highest BCUT2D eigenvalue weighted by Crippen LogP contribution is 2.23. The summed E-state index contributed by atoms with van der Waals surface area (Å²) < 4.78 is 0. The molecule has 0 saturated carbocycles. The van der Waals surface area contributed by atoms with Gasteiger partial charge < -0.3 is 16.0 Å². The van der Waals surface area contributed by atoms with Gasteiger partial charge in [0.1, 0.15) is 5.54 Å². The van der Waals surface area contributed by atoms with Gasteiger partial charge in [-0.25, -0.2) is 0 Å². The second kappa shape index (κ2) is 6.89. The molecule has 6 heteroatoms. The maximum Gasteiger partial charge on any atom is 0.244 e. The molecule has 0 bridgehead atoms. The third-order valence-electron chi connectivity index (χ3n) is 4.12. The number of benzene rings is 1. The van der Waals surface area contributed by atoms with Crippen molar-refractivity contribution in [3.8, 4) is 0 Å². The first-order chi connectivity index (χ1) is 10.1.